The van der Waals surface area contributed by atoms with Crippen molar-refractivity contribution >= 4 is 10.9 Å². The highest BCUT2D eigenvalue weighted by molar-refractivity contribution is 5.81. The van der Waals surface area contributed by atoms with Crippen LogP contribution >= 0.6 is 0 Å². The van der Waals surface area contributed by atoms with Gasteiger partial charge in [0.2, 0.25) is 0 Å². The van der Waals surface area contributed by atoms with Crippen LogP contribution in [0.15, 0.2) is 60.7 Å². The molecule has 1 nitrogen and oxygen atoms in total. The lowest BCUT2D eigenvalue weighted by atomic mass is 10.0. The predicted octanol–water partition coefficient (Wildman–Crippen LogP) is 5.24. The molecule has 1 heteroatoms. The largest absolute Gasteiger partial charge is 0.248 e. The number of rotatable bonds is 4. The summed E-state index contributed by atoms with van der Waals surface area (Å²) in [4.78, 5) is 4.74. The standard InChI is InChI=1S/C19H19N/c1-2-3-6-15-9-11-17(12-10-15)19-14-13-16-7-4-5-8-18(16)20-19/h4-5,7-14H,2-3,6H2,1H3. The number of aromatic nitrogens is 1. The first-order valence-corrected chi connectivity index (χ1v) is 7.32. The molecule has 0 fully saturated rings. The van der Waals surface area contributed by atoms with Crippen LogP contribution in [0.3, 0.4) is 0 Å². The quantitative estimate of drug-likeness (QED) is 0.625. The van der Waals surface area contributed by atoms with Gasteiger partial charge in [0.05, 0.1) is 11.2 Å². The normalized spacial score (nSPS) is 10.8. The van der Waals surface area contributed by atoms with Crippen LogP contribution in [0.1, 0.15) is 25.3 Å². The number of nitrogens with zero attached hydrogens (tertiary/aromatic N) is 1. The van der Waals surface area contributed by atoms with Gasteiger partial charge in [0, 0.05) is 10.9 Å². The Morgan fingerprint density at radius 1 is 0.850 bits per heavy atom. The van der Waals surface area contributed by atoms with Gasteiger partial charge in [-0.25, -0.2) is 4.98 Å². The fourth-order valence-corrected chi connectivity index (χ4v) is 2.45. The average Bonchev–Trinajstić information content (AvgIpc) is 2.53. The van der Waals surface area contributed by atoms with Gasteiger partial charge in [-0.15, -0.1) is 0 Å². The highest BCUT2D eigenvalue weighted by atomic mass is 14.7. The molecule has 3 aromatic rings. The van der Waals surface area contributed by atoms with Crippen LogP contribution in [0.25, 0.3) is 22.2 Å². The van der Waals surface area contributed by atoms with E-state index in [9.17, 15) is 0 Å². The minimum Gasteiger partial charge on any atom is -0.248 e. The minimum absolute atomic E-state index is 1.05. The maximum Gasteiger partial charge on any atom is 0.0709 e. The molecule has 0 radical (unpaired) electrons. The summed E-state index contributed by atoms with van der Waals surface area (Å²) in [5.74, 6) is 0. The molecule has 0 aliphatic carbocycles. The molecule has 0 aliphatic heterocycles. The number of hydrogen-bond acceptors (Lipinski definition) is 1. The maximum atomic E-state index is 4.74. The van der Waals surface area contributed by atoms with Crippen LogP contribution in [0, 0.1) is 0 Å². The van der Waals surface area contributed by atoms with Crippen LogP contribution in [-0.4, -0.2) is 4.98 Å². The first kappa shape index (κ1) is 12.9. The highest BCUT2D eigenvalue weighted by Crippen LogP contribution is 2.21. The van der Waals surface area contributed by atoms with Crippen molar-refractivity contribution in [2.75, 3.05) is 0 Å². The summed E-state index contributed by atoms with van der Waals surface area (Å²) in [6, 6.07) is 21.3. The van der Waals surface area contributed by atoms with Gasteiger partial charge in [-0.2, -0.15) is 0 Å². The van der Waals surface area contributed by atoms with Crippen LogP contribution in [0.5, 0.6) is 0 Å². The lowest BCUT2D eigenvalue weighted by molar-refractivity contribution is 0.795. The molecule has 1 aromatic heterocycles. The third kappa shape index (κ3) is 2.72. The molecule has 1 heterocycles. The smallest absolute Gasteiger partial charge is 0.0709 e. The zero-order chi connectivity index (χ0) is 13.8. The summed E-state index contributed by atoms with van der Waals surface area (Å²) in [5.41, 5.74) is 4.71. The molecule has 0 N–H and O–H groups in total. The Morgan fingerprint density at radius 2 is 1.65 bits per heavy atom. The van der Waals surface area contributed by atoms with E-state index in [0.717, 1.165) is 11.2 Å². The number of aryl methyl sites for hydroxylation is 1. The maximum absolute atomic E-state index is 4.74. The number of unbranched alkanes of at least 4 members (excludes halogenated alkanes) is 1. The Labute approximate surface area is 120 Å². The van der Waals surface area contributed by atoms with E-state index in [1.54, 1.807) is 0 Å². The molecule has 0 saturated carbocycles. The van der Waals surface area contributed by atoms with Gasteiger partial charge in [0.25, 0.3) is 0 Å². The molecule has 0 saturated heterocycles. The van der Waals surface area contributed by atoms with Crippen LogP contribution in [-0.2, 0) is 6.42 Å². The van der Waals surface area contributed by atoms with E-state index in [2.05, 4.69) is 55.5 Å². The molecule has 2 aromatic carbocycles. The van der Waals surface area contributed by atoms with E-state index in [1.165, 1.54) is 35.8 Å². The van der Waals surface area contributed by atoms with Crippen molar-refractivity contribution in [3.8, 4) is 11.3 Å². The number of hydrogen-bond donors (Lipinski definition) is 0. The number of benzene rings is 2. The van der Waals surface area contributed by atoms with E-state index < -0.39 is 0 Å². The van der Waals surface area contributed by atoms with Gasteiger partial charge in [-0.05, 0) is 30.5 Å². The molecule has 100 valence electrons. The van der Waals surface area contributed by atoms with Crippen molar-refractivity contribution in [3.05, 3.63) is 66.2 Å². The first-order chi connectivity index (χ1) is 9.86. The second-order valence-corrected chi connectivity index (χ2v) is 5.19. The lowest BCUT2D eigenvalue weighted by Gasteiger charge is -2.05. The lowest BCUT2D eigenvalue weighted by Crippen LogP contribution is -1.87. The predicted molar refractivity (Wildman–Crippen MR) is 85.8 cm³/mol. The minimum atomic E-state index is 1.05. The van der Waals surface area contributed by atoms with Crippen molar-refractivity contribution in [2.24, 2.45) is 0 Å². The molecule has 0 amide bonds. The van der Waals surface area contributed by atoms with Crippen molar-refractivity contribution in [1.29, 1.82) is 0 Å². The zero-order valence-corrected chi connectivity index (χ0v) is 11.8. The van der Waals surface area contributed by atoms with E-state index in [0.29, 0.717) is 0 Å². The Morgan fingerprint density at radius 3 is 2.45 bits per heavy atom. The summed E-state index contributed by atoms with van der Waals surface area (Å²) in [7, 11) is 0. The monoisotopic (exact) mass is 261 g/mol. The topological polar surface area (TPSA) is 12.9 Å². The Balaban J connectivity index is 1.90. The second-order valence-electron chi connectivity index (χ2n) is 5.19. The summed E-state index contributed by atoms with van der Waals surface area (Å²) >= 11 is 0. The summed E-state index contributed by atoms with van der Waals surface area (Å²) in [6.45, 7) is 2.23. The fourth-order valence-electron chi connectivity index (χ4n) is 2.45. The first-order valence-electron chi connectivity index (χ1n) is 7.32. The fraction of sp³-hybridized carbons (Fsp3) is 0.211. The van der Waals surface area contributed by atoms with E-state index in [1.807, 2.05) is 12.1 Å². The van der Waals surface area contributed by atoms with Gasteiger partial charge in [0.1, 0.15) is 0 Å². The summed E-state index contributed by atoms with van der Waals surface area (Å²) in [6.07, 6.45) is 3.67. The number of para-hydroxylation sites is 1. The molecule has 3 rings (SSSR count). The molecule has 0 aliphatic rings. The van der Waals surface area contributed by atoms with E-state index in [4.69, 9.17) is 4.98 Å². The Hall–Kier alpha value is -2.15. The van der Waals surface area contributed by atoms with Gasteiger partial charge in [-0.3, -0.25) is 0 Å². The van der Waals surface area contributed by atoms with Crippen LogP contribution in [0.2, 0.25) is 0 Å². The summed E-state index contributed by atoms with van der Waals surface area (Å²) in [5, 5.41) is 1.19. The van der Waals surface area contributed by atoms with E-state index in [-0.39, 0.29) is 0 Å². The third-order valence-electron chi connectivity index (χ3n) is 3.67. The summed E-state index contributed by atoms with van der Waals surface area (Å²) < 4.78 is 0. The van der Waals surface area contributed by atoms with E-state index >= 15 is 0 Å². The van der Waals surface area contributed by atoms with Gasteiger partial charge in [-0.1, -0.05) is 61.9 Å². The number of pyridine rings is 1. The van der Waals surface area contributed by atoms with Gasteiger partial charge in [0.15, 0.2) is 0 Å². The van der Waals surface area contributed by atoms with Gasteiger partial charge >= 0.3 is 0 Å². The molecule has 20 heavy (non-hydrogen) atoms. The molecule has 0 atom stereocenters. The van der Waals surface area contributed by atoms with Crippen LogP contribution in [0.4, 0.5) is 0 Å². The SMILES string of the molecule is CCCCc1ccc(-c2ccc3ccccc3n2)cc1. The Bertz CT molecular complexity index is 698. The van der Waals surface area contributed by atoms with Crippen molar-refractivity contribution in [3.63, 3.8) is 0 Å². The third-order valence-corrected chi connectivity index (χ3v) is 3.67. The van der Waals surface area contributed by atoms with Crippen molar-refractivity contribution in [1.82, 2.24) is 4.98 Å². The molecular weight excluding hydrogens is 242 g/mol. The molecular formula is C19H19N. The van der Waals surface area contributed by atoms with Crippen LogP contribution < -0.4 is 0 Å². The molecule has 0 spiro atoms. The Kier molecular flexibility index (Phi) is 3.78. The van der Waals surface area contributed by atoms with Crippen molar-refractivity contribution in [2.45, 2.75) is 26.2 Å². The molecule has 0 bridgehead atoms. The van der Waals surface area contributed by atoms with Gasteiger partial charge < -0.3 is 0 Å². The average molecular weight is 261 g/mol. The highest BCUT2D eigenvalue weighted by Gasteiger charge is 2.01. The van der Waals surface area contributed by atoms with Crippen molar-refractivity contribution < 1.29 is 0 Å². The number of fused-ring (bicyclic) bond motifs is 1. The second kappa shape index (κ2) is 5.87. The zero-order valence-electron chi connectivity index (χ0n) is 11.8. The molecule has 0 unspecified atom stereocenters.